The van der Waals surface area contributed by atoms with Gasteiger partial charge >= 0.3 is 0 Å². The van der Waals surface area contributed by atoms with Gasteiger partial charge in [0.1, 0.15) is 0 Å². The Bertz CT molecular complexity index is 2350. The second-order valence-electron chi connectivity index (χ2n) is 12.6. The Morgan fingerprint density at radius 1 is 0.431 bits per heavy atom. The van der Waals surface area contributed by atoms with Gasteiger partial charge in [-0.15, -0.1) is 0 Å². The van der Waals surface area contributed by atoms with Crippen LogP contribution in [-0.2, 0) is 0 Å². The molecule has 1 heterocycles. The van der Waals surface area contributed by atoms with Gasteiger partial charge in [-0.3, -0.25) is 0 Å². The molecule has 0 aliphatic heterocycles. The lowest BCUT2D eigenvalue weighted by molar-refractivity contribution is 1.05. The van der Waals surface area contributed by atoms with E-state index in [4.69, 9.17) is 0 Å². The fraction of sp³-hybridized carbons (Fsp3) is 0.0417. The van der Waals surface area contributed by atoms with E-state index in [1.54, 1.807) is 0 Å². The summed E-state index contributed by atoms with van der Waals surface area (Å²) in [5.41, 5.74) is 13.8. The minimum atomic E-state index is 1.09. The summed E-state index contributed by atoms with van der Waals surface area (Å²) in [7, 11) is 0. The summed E-state index contributed by atoms with van der Waals surface area (Å²) in [6, 6.07) is 66.9. The van der Waals surface area contributed by atoms with E-state index in [0.717, 1.165) is 39.8 Å². The summed E-state index contributed by atoms with van der Waals surface area (Å²) >= 11 is 0. The number of aromatic nitrogens is 1. The Morgan fingerprint density at radius 3 is 1.33 bits per heavy atom. The third-order valence-corrected chi connectivity index (χ3v) is 9.47. The Hall–Kier alpha value is -6.58. The predicted octanol–water partition coefficient (Wildman–Crippen LogP) is 13.6. The molecule has 0 radical (unpaired) electrons. The first-order valence-electron chi connectivity index (χ1n) is 17.5. The van der Waals surface area contributed by atoms with Crippen LogP contribution in [0.4, 0.5) is 34.1 Å². The Balaban J connectivity index is 1.22. The molecule has 0 N–H and O–H groups in total. The molecule has 51 heavy (non-hydrogen) atoms. The van der Waals surface area contributed by atoms with Crippen molar-refractivity contribution < 1.29 is 0 Å². The van der Waals surface area contributed by atoms with E-state index in [1.807, 2.05) is 0 Å². The van der Waals surface area contributed by atoms with Crippen LogP contribution in [-0.4, -0.2) is 4.57 Å². The first-order chi connectivity index (χ1) is 25.2. The van der Waals surface area contributed by atoms with Gasteiger partial charge in [0.25, 0.3) is 0 Å². The number of para-hydroxylation sites is 3. The van der Waals surface area contributed by atoms with Gasteiger partial charge in [-0.2, -0.15) is 0 Å². The van der Waals surface area contributed by atoms with E-state index in [2.05, 4.69) is 228 Å². The zero-order valence-corrected chi connectivity index (χ0v) is 28.9. The van der Waals surface area contributed by atoms with Gasteiger partial charge in [0.2, 0.25) is 0 Å². The van der Waals surface area contributed by atoms with Crippen molar-refractivity contribution in [3.05, 3.63) is 205 Å². The van der Waals surface area contributed by atoms with Crippen LogP contribution in [0.15, 0.2) is 194 Å². The molecule has 0 unspecified atom stereocenters. The monoisotopic (exact) mass is 657 g/mol. The molecule has 3 heteroatoms. The molecular formula is C48H39N3. The quantitative estimate of drug-likeness (QED) is 0.153. The van der Waals surface area contributed by atoms with E-state index >= 15 is 0 Å². The van der Waals surface area contributed by atoms with Crippen molar-refractivity contribution >= 4 is 51.1 Å². The molecule has 0 spiro atoms. The summed E-state index contributed by atoms with van der Waals surface area (Å²) in [5, 5.41) is 1.21. The minimum absolute atomic E-state index is 1.09. The van der Waals surface area contributed by atoms with Crippen LogP contribution in [0.2, 0.25) is 0 Å². The molecule has 246 valence electrons. The molecule has 0 fully saturated rings. The minimum Gasteiger partial charge on any atom is -0.313 e. The number of fused-ring (bicyclic) bond motifs is 1. The highest BCUT2D eigenvalue weighted by atomic mass is 15.2. The van der Waals surface area contributed by atoms with E-state index in [-0.39, 0.29) is 0 Å². The molecule has 0 saturated carbocycles. The highest BCUT2D eigenvalue weighted by molar-refractivity contribution is 5.96. The fourth-order valence-corrected chi connectivity index (χ4v) is 7.09. The van der Waals surface area contributed by atoms with E-state index < -0.39 is 0 Å². The number of nitrogens with zero attached hydrogens (tertiary/aromatic N) is 3. The summed E-state index contributed by atoms with van der Waals surface area (Å²) in [5.74, 6) is 0. The normalized spacial score (nSPS) is 11.3. The lowest BCUT2D eigenvalue weighted by Crippen LogP contribution is -2.12. The number of hydrogen-bond acceptors (Lipinski definition) is 2. The molecule has 0 bridgehead atoms. The van der Waals surface area contributed by atoms with Crippen molar-refractivity contribution in [2.45, 2.75) is 13.8 Å². The van der Waals surface area contributed by atoms with Gasteiger partial charge in [0.05, 0.1) is 5.52 Å². The van der Waals surface area contributed by atoms with Gasteiger partial charge in [0, 0.05) is 56.5 Å². The molecule has 7 aromatic carbocycles. The van der Waals surface area contributed by atoms with Gasteiger partial charge in [-0.05, 0) is 116 Å². The highest BCUT2D eigenvalue weighted by Gasteiger charge is 2.19. The van der Waals surface area contributed by atoms with E-state index in [1.165, 1.54) is 33.3 Å². The molecule has 3 nitrogen and oxygen atoms in total. The summed E-state index contributed by atoms with van der Waals surface area (Å²) in [6.45, 7) is 4.31. The van der Waals surface area contributed by atoms with Gasteiger partial charge in [-0.1, -0.05) is 109 Å². The maximum absolute atomic E-state index is 2.38. The average Bonchev–Trinajstić information content (AvgIpc) is 3.47. The van der Waals surface area contributed by atoms with Crippen molar-refractivity contribution in [3.8, 4) is 16.8 Å². The standard InChI is InChI=1S/C48H39N3/c1-3-16-46-36(2)49(42-27-25-38(26-28-42)37-17-8-4-9-18-37)48-34-33-45(35-47(46)48)51(41-23-14-7-15-24-41)44-31-29-43(30-32-44)50(39-19-10-5-11-20-39)40-21-12-6-13-22-40/h3-35H,1-2H3/b16-3-. The number of hydrogen-bond donors (Lipinski definition) is 0. The number of anilines is 6. The lowest BCUT2D eigenvalue weighted by Gasteiger charge is -2.28. The van der Waals surface area contributed by atoms with Crippen LogP contribution in [0.5, 0.6) is 0 Å². The van der Waals surface area contributed by atoms with Crippen molar-refractivity contribution in [3.63, 3.8) is 0 Å². The van der Waals surface area contributed by atoms with Crippen molar-refractivity contribution in [2.24, 2.45) is 0 Å². The van der Waals surface area contributed by atoms with Gasteiger partial charge in [-0.25, -0.2) is 0 Å². The molecule has 0 aliphatic rings. The van der Waals surface area contributed by atoms with E-state index in [0.29, 0.717) is 0 Å². The average molecular weight is 658 g/mol. The zero-order valence-electron chi connectivity index (χ0n) is 28.9. The molecule has 8 rings (SSSR count). The lowest BCUT2D eigenvalue weighted by atomic mass is 10.1. The molecule has 8 aromatic rings. The van der Waals surface area contributed by atoms with Crippen LogP contribution in [0.3, 0.4) is 0 Å². The summed E-state index contributed by atoms with van der Waals surface area (Å²) < 4.78 is 2.38. The second kappa shape index (κ2) is 14.1. The zero-order chi connectivity index (χ0) is 34.6. The molecular weight excluding hydrogens is 619 g/mol. The first kappa shape index (κ1) is 31.7. The molecule has 0 aliphatic carbocycles. The van der Waals surface area contributed by atoms with Crippen LogP contribution in [0.1, 0.15) is 18.2 Å². The van der Waals surface area contributed by atoms with Gasteiger partial charge < -0.3 is 14.4 Å². The van der Waals surface area contributed by atoms with Crippen LogP contribution in [0, 0.1) is 6.92 Å². The molecule has 0 amide bonds. The Morgan fingerprint density at radius 2 is 0.843 bits per heavy atom. The first-order valence-corrected chi connectivity index (χ1v) is 17.5. The maximum atomic E-state index is 2.38. The fourth-order valence-electron chi connectivity index (χ4n) is 7.09. The summed E-state index contributed by atoms with van der Waals surface area (Å²) in [6.07, 6.45) is 4.37. The topological polar surface area (TPSA) is 11.4 Å². The number of rotatable bonds is 9. The third-order valence-electron chi connectivity index (χ3n) is 9.47. The molecule has 1 aromatic heterocycles. The largest absolute Gasteiger partial charge is 0.313 e. The third kappa shape index (κ3) is 6.22. The predicted molar refractivity (Wildman–Crippen MR) is 218 cm³/mol. The van der Waals surface area contributed by atoms with Gasteiger partial charge in [0.15, 0.2) is 0 Å². The Kier molecular flexibility index (Phi) is 8.76. The number of benzene rings is 7. The van der Waals surface area contributed by atoms with E-state index in [9.17, 15) is 0 Å². The second-order valence-corrected chi connectivity index (χ2v) is 12.6. The molecule has 0 atom stereocenters. The molecule has 0 saturated heterocycles. The highest BCUT2D eigenvalue weighted by Crippen LogP contribution is 2.41. The Labute approximate surface area is 300 Å². The smallest absolute Gasteiger partial charge is 0.0539 e. The van der Waals surface area contributed by atoms with Crippen molar-refractivity contribution in [2.75, 3.05) is 9.80 Å². The van der Waals surface area contributed by atoms with Crippen LogP contribution < -0.4 is 9.80 Å². The van der Waals surface area contributed by atoms with Crippen LogP contribution in [0.25, 0.3) is 33.8 Å². The summed E-state index contributed by atoms with van der Waals surface area (Å²) in [4.78, 5) is 4.64. The maximum Gasteiger partial charge on any atom is 0.0539 e. The number of allylic oxidation sites excluding steroid dienone is 1. The van der Waals surface area contributed by atoms with Crippen molar-refractivity contribution in [1.29, 1.82) is 0 Å². The van der Waals surface area contributed by atoms with Crippen LogP contribution >= 0.6 is 0 Å². The van der Waals surface area contributed by atoms with Crippen molar-refractivity contribution in [1.82, 2.24) is 4.57 Å². The SMILES string of the molecule is C/C=C\c1c(C)n(-c2ccc(-c3ccccc3)cc2)c2ccc(N(c3ccccc3)c3ccc(N(c4ccccc4)c4ccccc4)cc3)cc12.